The number of likely N-dealkylation sites (tertiary alicyclic amines) is 1. The highest BCUT2D eigenvalue weighted by Gasteiger charge is 2.26. The molecule has 1 unspecified atom stereocenters. The molecule has 0 radical (unpaired) electrons. The molecule has 2 aromatic rings. The summed E-state index contributed by atoms with van der Waals surface area (Å²) in [7, 11) is 0. The zero-order chi connectivity index (χ0) is 22.0. The van der Waals surface area contributed by atoms with Crippen molar-refractivity contribution in [2.45, 2.75) is 70.9 Å². The van der Waals surface area contributed by atoms with Crippen molar-refractivity contribution in [3.05, 3.63) is 40.9 Å². The van der Waals surface area contributed by atoms with E-state index in [9.17, 15) is 4.79 Å². The molecule has 1 aliphatic heterocycles. The Morgan fingerprint density at radius 3 is 2.68 bits per heavy atom. The number of piperidine rings is 1. The van der Waals surface area contributed by atoms with Crippen LogP contribution in [-0.4, -0.2) is 35.2 Å². The van der Waals surface area contributed by atoms with Gasteiger partial charge in [-0.05, 0) is 86.9 Å². The number of hydrogen-bond donors (Lipinski definition) is 1. The van der Waals surface area contributed by atoms with Gasteiger partial charge in [-0.15, -0.1) is 0 Å². The van der Waals surface area contributed by atoms with Gasteiger partial charge >= 0.3 is 5.97 Å². The average Bonchev–Trinajstić information content (AvgIpc) is 2.76. The molecule has 1 saturated carbocycles. The van der Waals surface area contributed by atoms with Crippen molar-refractivity contribution in [2.75, 3.05) is 13.1 Å². The SMILES string of the molecule is CC(c1ccc2ccc(O[C@H]3CC[C@@H](C)CC3)c(Cl)c2c1)N1CCC[C@H](CC(=O)O)C1. The summed E-state index contributed by atoms with van der Waals surface area (Å²) in [5, 5.41) is 12.0. The molecule has 0 aromatic heterocycles. The van der Waals surface area contributed by atoms with Crippen LogP contribution in [0.2, 0.25) is 5.02 Å². The Morgan fingerprint density at radius 1 is 1.19 bits per heavy atom. The topological polar surface area (TPSA) is 49.8 Å². The van der Waals surface area contributed by atoms with Crippen LogP contribution in [0.15, 0.2) is 30.3 Å². The van der Waals surface area contributed by atoms with E-state index in [-0.39, 0.29) is 24.5 Å². The number of benzene rings is 2. The number of nitrogens with zero attached hydrogens (tertiary/aromatic N) is 1. The van der Waals surface area contributed by atoms with Crippen LogP contribution in [0.3, 0.4) is 0 Å². The summed E-state index contributed by atoms with van der Waals surface area (Å²) >= 11 is 6.83. The molecule has 1 saturated heterocycles. The van der Waals surface area contributed by atoms with E-state index < -0.39 is 5.97 Å². The molecule has 2 fully saturated rings. The summed E-state index contributed by atoms with van der Waals surface area (Å²) in [6, 6.07) is 10.8. The first-order valence-electron chi connectivity index (χ1n) is 11.8. The van der Waals surface area contributed by atoms with Crippen molar-refractivity contribution in [3.8, 4) is 5.75 Å². The molecule has 2 atom stereocenters. The molecule has 0 spiro atoms. The van der Waals surface area contributed by atoms with Gasteiger partial charge < -0.3 is 9.84 Å². The van der Waals surface area contributed by atoms with E-state index >= 15 is 0 Å². The van der Waals surface area contributed by atoms with E-state index in [0.717, 1.165) is 61.2 Å². The van der Waals surface area contributed by atoms with Crippen molar-refractivity contribution in [1.29, 1.82) is 0 Å². The molecule has 1 aliphatic carbocycles. The van der Waals surface area contributed by atoms with Crippen LogP contribution in [0.1, 0.15) is 70.4 Å². The minimum Gasteiger partial charge on any atom is -0.489 e. The van der Waals surface area contributed by atoms with Crippen LogP contribution >= 0.6 is 11.6 Å². The van der Waals surface area contributed by atoms with E-state index in [4.69, 9.17) is 21.4 Å². The third-order valence-corrected chi connectivity index (χ3v) is 7.63. The largest absolute Gasteiger partial charge is 0.489 e. The summed E-state index contributed by atoms with van der Waals surface area (Å²) in [5.74, 6) is 1.12. The molecule has 0 bridgehead atoms. The van der Waals surface area contributed by atoms with Crippen LogP contribution in [0, 0.1) is 11.8 Å². The maximum absolute atomic E-state index is 11.1. The Morgan fingerprint density at radius 2 is 1.94 bits per heavy atom. The van der Waals surface area contributed by atoms with Gasteiger partial charge in [0.1, 0.15) is 5.75 Å². The molecule has 2 aromatic carbocycles. The highest BCUT2D eigenvalue weighted by Crippen LogP contribution is 2.38. The first-order chi connectivity index (χ1) is 14.9. The van der Waals surface area contributed by atoms with E-state index in [0.29, 0.717) is 5.02 Å². The number of carboxylic acids is 1. The van der Waals surface area contributed by atoms with Crippen LogP contribution in [0.25, 0.3) is 10.8 Å². The standard InChI is InChI=1S/C26H34ClNO3/c1-17-5-10-22(11-6-17)31-24-12-9-20-7-8-21(15-23(20)26(24)27)18(2)28-13-3-4-19(16-28)14-25(29)30/h7-9,12,15,17-19,22H,3-6,10-11,13-14,16H2,1-2H3,(H,29,30)/t17-,18?,19-,22+/m1/s1. The number of carbonyl (C=O) groups is 1. The van der Waals surface area contributed by atoms with E-state index in [1.54, 1.807) is 0 Å². The van der Waals surface area contributed by atoms with Gasteiger partial charge in [0.25, 0.3) is 0 Å². The lowest BCUT2D eigenvalue weighted by Gasteiger charge is -2.36. The molecule has 31 heavy (non-hydrogen) atoms. The quantitative estimate of drug-likeness (QED) is 0.539. The van der Waals surface area contributed by atoms with Crippen molar-refractivity contribution in [2.24, 2.45) is 11.8 Å². The molecule has 1 heterocycles. The van der Waals surface area contributed by atoms with Crippen molar-refractivity contribution >= 4 is 28.3 Å². The van der Waals surface area contributed by atoms with Crippen molar-refractivity contribution in [1.82, 2.24) is 4.90 Å². The summed E-state index contributed by atoms with van der Waals surface area (Å²) in [5.41, 5.74) is 1.22. The minimum absolute atomic E-state index is 0.224. The maximum atomic E-state index is 11.1. The second-order valence-corrected chi connectivity index (χ2v) is 10.0. The Bertz CT molecular complexity index is 922. The fraction of sp³-hybridized carbons (Fsp3) is 0.577. The van der Waals surface area contributed by atoms with Gasteiger partial charge in [0.05, 0.1) is 11.1 Å². The van der Waals surface area contributed by atoms with Crippen LogP contribution in [-0.2, 0) is 4.79 Å². The smallest absolute Gasteiger partial charge is 0.303 e. The van der Waals surface area contributed by atoms with Gasteiger partial charge in [-0.3, -0.25) is 9.69 Å². The van der Waals surface area contributed by atoms with Gasteiger partial charge in [-0.25, -0.2) is 0 Å². The number of halogens is 1. The van der Waals surface area contributed by atoms with Gasteiger partial charge in [0.2, 0.25) is 0 Å². The second-order valence-electron chi connectivity index (χ2n) is 9.64. The first-order valence-corrected chi connectivity index (χ1v) is 12.1. The number of carboxylic acid groups (broad SMARTS) is 1. The van der Waals surface area contributed by atoms with Crippen molar-refractivity contribution < 1.29 is 14.6 Å². The zero-order valence-electron chi connectivity index (χ0n) is 18.6. The average molecular weight is 444 g/mol. The van der Waals surface area contributed by atoms with E-state index in [2.05, 4.69) is 43.0 Å². The lowest BCUT2D eigenvalue weighted by Crippen LogP contribution is -2.37. The Kier molecular flexibility index (Phi) is 7.08. The lowest BCUT2D eigenvalue weighted by atomic mass is 9.89. The molecular weight excluding hydrogens is 410 g/mol. The summed E-state index contributed by atoms with van der Waals surface area (Å²) in [4.78, 5) is 13.6. The predicted octanol–water partition coefficient (Wildman–Crippen LogP) is 6.70. The predicted molar refractivity (Wildman–Crippen MR) is 126 cm³/mol. The molecule has 168 valence electrons. The molecule has 0 amide bonds. The molecule has 4 rings (SSSR count). The van der Waals surface area contributed by atoms with Crippen LogP contribution in [0.5, 0.6) is 5.75 Å². The fourth-order valence-electron chi connectivity index (χ4n) is 5.23. The monoisotopic (exact) mass is 443 g/mol. The number of fused-ring (bicyclic) bond motifs is 1. The molecule has 5 heteroatoms. The van der Waals surface area contributed by atoms with Crippen molar-refractivity contribution in [3.63, 3.8) is 0 Å². The Balaban J connectivity index is 1.52. The number of rotatable bonds is 6. The molecule has 2 aliphatic rings. The molecular formula is C26H34ClNO3. The summed E-state index contributed by atoms with van der Waals surface area (Å²) in [6.45, 7) is 6.37. The fourth-order valence-corrected chi connectivity index (χ4v) is 5.50. The van der Waals surface area contributed by atoms with Crippen LogP contribution in [0.4, 0.5) is 0 Å². The van der Waals surface area contributed by atoms with Gasteiger partial charge in [0, 0.05) is 24.4 Å². The Labute approximate surface area is 190 Å². The summed E-state index contributed by atoms with van der Waals surface area (Å²) in [6.07, 6.45) is 7.19. The Hall–Kier alpha value is -1.78. The number of ether oxygens (including phenoxy) is 1. The van der Waals surface area contributed by atoms with Gasteiger partial charge in [-0.1, -0.05) is 36.7 Å². The normalized spacial score (nSPS) is 26.0. The highest BCUT2D eigenvalue weighted by atomic mass is 35.5. The van der Waals surface area contributed by atoms with Crippen LogP contribution < -0.4 is 4.74 Å². The third kappa shape index (κ3) is 5.35. The highest BCUT2D eigenvalue weighted by molar-refractivity contribution is 6.37. The zero-order valence-corrected chi connectivity index (χ0v) is 19.4. The van der Waals surface area contributed by atoms with E-state index in [1.165, 1.54) is 18.4 Å². The summed E-state index contributed by atoms with van der Waals surface area (Å²) < 4.78 is 6.31. The first kappa shape index (κ1) is 22.4. The van der Waals surface area contributed by atoms with Gasteiger partial charge in [-0.2, -0.15) is 0 Å². The minimum atomic E-state index is -0.697. The third-order valence-electron chi connectivity index (χ3n) is 7.24. The number of aliphatic carboxylic acids is 1. The molecule has 4 nitrogen and oxygen atoms in total. The van der Waals surface area contributed by atoms with E-state index in [1.807, 2.05) is 6.07 Å². The maximum Gasteiger partial charge on any atom is 0.303 e. The molecule has 1 N–H and O–H groups in total. The number of hydrogen-bond acceptors (Lipinski definition) is 3. The second kappa shape index (κ2) is 9.79. The lowest BCUT2D eigenvalue weighted by molar-refractivity contribution is -0.138. The van der Waals surface area contributed by atoms with Gasteiger partial charge in [0.15, 0.2) is 0 Å².